The van der Waals surface area contributed by atoms with Crippen molar-refractivity contribution >= 4 is 16.8 Å². The molecule has 40 heavy (non-hydrogen) atoms. The summed E-state index contributed by atoms with van der Waals surface area (Å²) in [5.74, 6) is 2.52. The summed E-state index contributed by atoms with van der Waals surface area (Å²) >= 11 is 0. The number of fused-ring (bicyclic) bond motifs is 1. The van der Waals surface area contributed by atoms with Crippen LogP contribution in [0.15, 0.2) is 71.5 Å². The molecule has 0 aliphatic rings. The van der Waals surface area contributed by atoms with Crippen molar-refractivity contribution in [2.45, 2.75) is 46.1 Å². The first-order chi connectivity index (χ1) is 19.4. The Balaban J connectivity index is 1.77. The second-order valence-corrected chi connectivity index (χ2v) is 9.51. The Hall–Kier alpha value is -4.33. The molecule has 0 bridgehead atoms. The topological polar surface area (TPSA) is 82.9 Å². The minimum Gasteiger partial charge on any atom is -0.494 e. The number of hydrogen-bond donors (Lipinski definition) is 0. The number of carbonyl (C=O) groups is 1. The highest BCUT2D eigenvalue weighted by molar-refractivity contribution is 5.79. The van der Waals surface area contributed by atoms with E-state index in [9.17, 15) is 9.59 Å². The van der Waals surface area contributed by atoms with Crippen LogP contribution in [0.1, 0.15) is 51.0 Å². The predicted octanol–water partition coefficient (Wildman–Crippen LogP) is 5.73. The van der Waals surface area contributed by atoms with E-state index >= 15 is 0 Å². The number of carbonyl (C=O) groups excluding carboxylic acids is 1. The van der Waals surface area contributed by atoms with Crippen LogP contribution in [0, 0.1) is 0 Å². The summed E-state index contributed by atoms with van der Waals surface area (Å²) in [7, 11) is 3.21. The van der Waals surface area contributed by atoms with Gasteiger partial charge in [-0.15, -0.1) is 0 Å². The van der Waals surface area contributed by atoms with Crippen LogP contribution in [0.3, 0.4) is 0 Å². The van der Waals surface area contributed by atoms with Crippen molar-refractivity contribution in [1.82, 2.24) is 14.5 Å². The van der Waals surface area contributed by atoms with E-state index in [1.165, 1.54) is 0 Å². The fraction of sp³-hybridized carbons (Fsp3) is 0.344. The van der Waals surface area contributed by atoms with Crippen LogP contribution in [-0.2, 0) is 11.2 Å². The van der Waals surface area contributed by atoms with Crippen LogP contribution in [0.25, 0.3) is 16.6 Å². The van der Waals surface area contributed by atoms with Crippen molar-refractivity contribution in [2.75, 3.05) is 27.4 Å². The van der Waals surface area contributed by atoms with Gasteiger partial charge in [0, 0.05) is 13.0 Å². The first kappa shape index (κ1) is 28.7. The van der Waals surface area contributed by atoms with Gasteiger partial charge in [-0.05, 0) is 80.8 Å². The lowest BCUT2D eigenvalue weighted by atomic mass is 10.1. The van der Waals surface area contributed by atoms with Crippen LogP contribution < -0.4 is 19.8 Å². The first-order valence-corrected chi connectivity index (χ1v) is 13.7. The molecule has 1 amide bonds. The molecular formula is C32H37N3O5. The number of para-hydroxylation sites is 1. The molecule has 0 saturated heterocycles. The van der Waals surface area contributed by atoms with Crippen molar-refractivity contribution in [2.24, 2.45) is 0 Å². The number of hydrogen-bond acceptors (Lipinski definition) is 6. The second kappa shape index (κ2) is 13.2. The second-order valence-electron chi connectivity index (χ2n) is 9.51. The lowest BCUT2D eigenvalue weighted by molar-refractivity contribution is -0.133. The quantitative estimate of drug-likeness (QED) is 0.227. The van der Waals surface area contributed by atoms with Gasteiger partial charge >= 0.3 is 0 Å². The van der Waals surface area contributed by atoms with Gasteiger partial charge in [0.25, 0.3) is 5.56 Å². The van der Waals surface area contributed by atoms with Gasteiger partial charge in [0.1, 0.15) is 11.6 Å². The van der Waals surface area contributed by atoms with E-state index in [-0.39, 0.29) is 11.5 Å². The average Bonchev–Trinajstić information content (AvgIpc) is 2.98. The Morgan fingerprint density at radius 2 is 1.70 bits per heavy atom. The van der Waals surface area contributed by atoms with Gasteiger partial charge < -0.3 is 19.1 Å². The third-order valence-electron chi connectivity index (χ3n) is 6.92. The summed E-state index contributed by atoms with van der Waals surface area (Å²) in [5.41, 5.74) is 2.09. The molecule has 1 heterocycles. The van der Waals surface area contributed by atoms with Gasteiger partial charge in [0.05, 0.1) is 43.5 Å². The van der Waals surface area contributed by atoms with Crippen molar-refractivity contribution in [3.8, 4) is 22.9 Å². The van der Waals surface area contributed by atoms with Crippen molar-refractivity contribution in [1.29, 1.82) is 0 Å². The summed E-state index contributed by atoms with van der Waals surface area (Å²) in [4.78, 5) is 34.1. The van der Waals surface area contributed by atoms with E-state index in [2.05, 4.69) is 0 Å². The zero-order chi connectivity index (χ0) is 28.6. The monoisotopic (exact) mass is 543 g/mol. The van der Waals surface area contributed by atoms with Crippen LogP contribution >= 0.6 is 0 Å². The summed E-state index contributed by atoms with van der Waals surface area (Å²) in [5, 5.41) is 0.518. The number of amides is 1. The minimum atomic E-state index is -0.469. The number of aromatic nitrogens is 2. The van der Waals surface area contributed by atoms with E-state index in [4.69, 9.17) is 19.2 Å². The normalized spacial score (nSPS) is 11.7. The first-order valence-electron chi connectivity index (χ1n) is 13.7. The number of rotatable bonds is 12. The molecule has 8 heteroatoms. The van der Waals surface area contributed by atoms with E-state index in [1.54, 1.807) is 24.9 Å². The van der Waals surface area contributed by atoms with Gasteiger partial charge in [0.2, 0.25) is 5.91 Å². The highest BCUT2D eigenvalue weighted by atomic mass is 16.5. The van der Waals surface area contributed by atoms with Crippen LogP contribution in [0.5, 0.6) is 17.2 Å². The van der Waals surface area contributed by atoms with Crippen molar-refractivity contribution in [3.05, 3.63) is 88.5 Å². The number of nitrogens with zero attached hydrogens (tertiary/aromatic N) is 3. The maximum atomic E-state index is 13.9. The molecule has 0 spiro atoms. The molecule has 1 unspecified atom stereocenters. The molecule has 8 nitrogen and oxygen atoms in total. The molecule has 4 aromatic rings. The molecule has 3 aromatic carbocycles. The largest absolute Gasteiger partial charge is 0.494 e. The van der Waals surface area contributed by atoms with Gasteiger partial charge in [0.15, 0.2) is 11.5 Å². The minimum absolute atomic E-state index is 0.0103. The molecule has 0 fully saturated rings. The molecule has 0 aliphatic carbocycles. The van der Waals surface area contributed by atoms with E-state index < -0.39 is 6.04 Å². The molecule has 4 rings (SSSR count). The number of ether oxygens (including phenoxy) is 3. The molecule has 0 aliphatic heterocycles. The third-order valence-corrected chi connectivity index (χ3v) is 6.92. The van der Waals surface area contributed by atoms with Crippen LogP contribution in [-0.4, -0.2) is 47.7 Å². The zero-order valence-corrected chi connectivity index (χ0v) is 23.8. The number of methoxy groups -OCH3 is 2. The Morgan fingerprint density at radius 3 is 2.38 bits per heavy atom. The SMILES string of the molecule is CCCC(=O)N(CCc1ccc(OC)c(OC)c1)C(C)c1nc2ccccc2c(=O)n1-c1ccc(OCC)cc1. The highest BCUT2D eigenvalue weighted by Gasteiger charge is 2.26. The van der Waals surface area contributed by atoms with Gasteiger partial charge in [-0.25, -0.2) is 4.98 Å². The Bertz CT molecular complexity index is 1510. The molecule has 0 N–H and O–H groups in total. The van der Waals surface area contributed by atoms with E-state index in [0.717, 1.165) is 17.7 Å². The fourth-order valence-corrected chi connectivity index (χ4v) is 4.85. The predicted molar refractivity (Wildman–Crippen MR) is 157 cm³/mol. The fourth-order valence-electron chi connectivity index (χ4n) is 4.85. The Labute approximate surface area is 235 Å². The lowest BCUT2D eigenvalue weighted by Gasteiger charge is -2.31. The maximum Gasteiger partial charge on any atom is 0.266 e. The third kappa shape index (κ3) is 6.11. The standard InChI is InChI=1S/C32H37N3O5/c1-6-10-30(36)34(20-19-23-13-18-28(38-4)29(21-23)39-5)22(3)31-33-27-12-9-8-11-26(27)32(37)35(31)24-14-16-25(17-15-24)40-7-2/h8-9,11-18,21-22H,6-7,10,19-20H2,1-5H3. The van der Waals surface area contributed by atoms with Crippen LogP contribution in [0.4, 0.5) is 0 Å². The smallest absolute Gasteiger partial charge is 0.266 e. The van der Waals surface area contributed by atoms with Crippen molar-refractivity contribution < 1.29 is 19.0 Å². The highest BCUT2D eigenvalue weighted by Crippen LogP contribution is 2.29. The van der Waals surface area contributed by atoms with Gasteiger partial charge in [-0.2, -0.15) is 0 Å². The molecule has 0 radical (unpaired) electrons. The summed E-state index contributed by atoms with van der Waals surface area (Å²) < 4.78 is 18.1. The van der Waals surface area contributed by atoms with E-state index in [1.807, 2.05) is 86.3 Å². The summed E-state index contributed by atoms with van der Waals surface area (Å²) in [6.07, 6.45) is 1.72. The zero-order valence-electron chi connectivity index (χ0n) is 23.8. The lowest BCUT2D eigenvalue weighted by Crippen LogP contribution is -2.38. The summed E-state index contributed by atoms with van der Waals surface area (Å²) in [6.45, 7) is 6.84. The van der Waals surface area contributed by atoms with E-state index in [0.29, 0.717) is 59.9 Å². The van der Waals surface area contributed by atoms with Gasteiger partial charge in [-0.3, -0.25) is 14.2 Å². The molecular weight excluding hydrogens is 506 g/mol. The summed E-state index contributed by atoms with van der Waals surface area (Å²) in [6, 6.07) is 20.0. The van der Waals surface area contributed by atoms with Crippen LogP contribution in [0.2, 0.25) is 0 Å². The average molecular weight is 544 g/mol. The maximum absolute atomic E-state index is 13.9. The Morgan fingerprint density at radius 1 is 0.975 bits per heavy atom. The molecule has 0 saturated carbocycles. The molecule has 210 valence electrons. The number of benzene rings is 3. The van der Waals surface area contributed by atoms with Gasteiger partial charge in [-0.1, -0.05) is 25.1 Å². The molecule has 1 atom stereocenters. The Kier molecular flexibility index (Phi) is 9.43. The van der Waals surface area contributed by atoms with Crippen molar-refractivity contribution in [3.63, 3.8) is 0 Å². The molecule has 1 aromatic heterocycles.